The Bertz CT molecular complexity index is 643. The van der Waals surface area contributed by atoms with Crippen LogP contribution in [-0.2, 0) is 30.3 Å². The third-order valence-corrected chi connectivity index (χ3v) is 3.56. The molecule has 1 aromatic rings. The fourth-order valence-corrected chi connectivity index (χ4v) is 2.20. The van der Waals surface area contributed by atoms with Crippen molar-refractivity contribution in [2.24, 2.45) is 5.73 Å². The smallest absolute Gasteiger partial charge is 0.250 e. The van der Waals surface area contributed by atoms with E-state index in [0.29, 0.717) is 25.1 Å². The highest BCUT2D eigenvalue weighted by molar-refractivity contribution is 5.99. The van der Waals surface area contributed by atoms with E-state index < -0.39 is 0 Å². The summed E-state index contributed by atoms with van der Waals surface area (Å²) in [6.45, 7) is 1.65. The van der Waals surface area contributed by atoms with Gasteiger partial charge in [-0.05, 0) is 38.1 Å². The van der Waals surface area contributed by atoms with Crippen LogP contribution in [0.25, 0.3) is 0 Å². The first-order chi connectivity index (χ1) is 12.5. The molecule has 0 spiro atoms. The van der Waals surface area contributed by atoms with Crippen molar-refractivity contribution in [3.8, 4) is 0 Å². The zero-order chi connectivity index (χ0) is 19.5. The summed E-state index contributed by atoms with van der Waals surface area (Å²) < 4.78 is 4.93. The minimum Gasteiger partial charge on any atom is -0.364 e. The van der Waals surface area contributed by atoms with Crippen LogP contribution < -0.4 is 11.1 Å². The lowest BCUT2D eigenvalue weighted by Gasteiger charge is -2.28. The lowest BCUT2D eigenvalue weighted by Crippen LogP contribution is -2.47. The van der Waals surface area contributed by atoms with Gasteiger partial charge in [0.25, 0.3) is 0 Å². The van der Waals surface area contributed by atoms with Crippen molar-refractivity contribution in [1.82, 2.24) is 4.90 Å². The van der Waals surface area contributed by atoms with Gasteiger partial charge in [-0.25, -0.2) is 0 Å². The highest BCUT2D eigenvalue weighted by Crippen LogP contribution is 2.14. The molecule has 3 amide bonds. The number of Topliss-reactive ketones (excluding diaryl/α,β-unsaturated/α-hetero) is 1. The van der Waals surface area contributed by atoms with Crippen molar-refractivity contribution < 1.29 is 23.9 Å². The zero-order valence-electron chi connectivity index (χ0n) is 15.1. The Kier molecular flexibility index (Phi) is 9.18. The number of nitrogens with one attached hydrogen (secondary N) is 1. The third kappa shape index (κ3) is 7.12. The number of hydrogen-bond acceptors (Lipinski definition) is 6. The van der Waals surface area contributed by atoms with Gasteiger partial charge in [0.2, 0.25) is 17.7 Å². The second-order valence-electron chi connectivity index (χ2n) is 5.63. The van der Waals surface area contributed by atoms with Crippen LogP contribution in [0.2, 0.25) is 0 Å². The number of likely N-dealkylation sites (tertiary alicyclic amines) is 1. The summed E-state index contributed by atoms with van der Waals surface area (Å²) in [5, 5.41) is 2.65. The molecule has 0 aromatic heterocycles. The molecule has 1 saturated heterocycles. The van der Waals surface area contributed by atoms with E-state index in [9.17, 15) is 19.2 Å². The molecule has 0 radical (unpaired) electrons. The number of nitrogens with two attached hydrogens (primary N) is 1. The SMILES string of the molecule is CC(=O)COCC(=O)Nc1ccc(CCC(=O)N2CCC2=O)cc1.CN. The quantitative estimate of drug-likeness (QED) is 0.649. The van der Waals surface area contributed by atoms with Crippen LogP contribution in [0.15, 0.2) is 24.3 Å². The minimum atomic E-state index is -0.338. The molecule has 1 heterocycles. The second-order valence-corrected chi connectivity index (χ2v) is 5.63. The van der Waals surface area contributed by atoms with Gasteiger partial charge in [-0.2, -0.15) is 0 Å². The number of anilines is 1. The Hall–Kier alpha value is -2.58. The van der Waals surface area contributed by atoms with Crippen molar-refractivity contribution >= 4 is 29.2 Å². The number of ketones is 1. The standard InChI is InChI=1S/C17H20N2O5.CH5N/c1-12(20)10-24-11-15(21)18-14-5-2-13(3-6-14)4-7-16(22)19-9-8-17(19)23;1-2/h2-3,5-6H,4,7-11H2,1H3,(H,18,21);2H2,1H3. The summed E-state index contributed by atoms with van der Waals surface area (Å²) in [4.78, 5) is 46.6. The lowest BCUT2D eigenvalue weighted by molar-refractivity contribution is -0.152. The fourth-order valence-electron chi connectivity index (χ4n) is 2.20. The number of nitrogens with zero attached hydrogens (tertiary/aromatic N) is 1. The molecule has 1 aromatic carbocycles. The first kappa shape index (κ1) is 21.5. The van der Waals surface area contributed by atoms with E-state index in [-0.39, 0.29) is 43.1 Å². The summed E-state index contributed by atoms with van der Waals surface area (Å²) >= 11 is 0. The number of ether oxygens (including phenoxy) is 1. The number of amides is 3. The van der Waals surface area contributed by atoms with E-state index in [2.05, 4.69) is 11.1 Å². The summed E-state index contributed by atoms with van der Waals surface area (Å²) in [7, 11) is 1.50. The molecular formula is C18H25N3O5. The number of carbonyl (C=O) groups is 4. The molecule has 0 aliphatic carbocycles. The van der Waals surface area contributed by atoms with Crippen molar-refractivity contribution in [2.75, 3.05) is 32.1 Å². The molecule has 3 N–H and O–H groups in total. The summed E-state index contributed by atoms with van der Waals surface area (Å²) in [5.74, 6) is -0.728. The van der Waals surface area contributed by atoms with E-state index in [0.717, 1.165) is 5.56 Å². The maximum absolute atomic E-state index is 11.8. The predicted octanol–water partition coefficient (Wildman–Crippen LogP) is 0.497. The maximum Gasteiger partial charge on any atom is 0.250 e. The number of aryl methyl sites for hydroxylation is 1. The van der Waals surface area contributed by atoms with Crippen LogP contribution >= 0.6 is 0 Å². The van der Waals surface area contributed by atoms with Gasteiger partial charge >= 0.3 is 0 Å². The topological polar surface area (TPSA) is 119 Å². The van der Waals surface area contributed by atoms with E-state index in [4.69, 9.17) is 4.74 Å². The predicted molar refractivity (Wildman–Crippen MR) is 96.3 cm³/mol. The van der Waals surface area contributed by atoms with Gasteiger partial charge in [-0.15, -0.1) is 0 Å². The minimum absolute atomic E-state index is 0.0834. The van der Waals surface area contributed by atoms with Gasteiger partial charge < -0.3 is 15.8 Å². The molecular weight excluding hydrogens is 338 g/mol. The van der Waals surface area contributed by atoms with Gasteiger partial charge in [0, 0.05) is 25.1 Å². The molecule has 0 saturated carbocycles. The molecule has 142 valence electrons. The van der Waals surface area contributed by atoms with E-state index in [1.807, 2.05) is 12.1 Å². The van der Waals surface area contributed by atoms with Gasteiger partial charge in [0.15, 0.2) is 5.78 Å². The molecule has 8 nitrogen and oxygen atoms in total. The summed E-state index contributed by atoms with van der Waals surface area (Å²) in [6, 6.07) is 7.10. The van der Waals surface area contributed by atoms with Crippen molar-refractivity contribution in [2.45, 2.75) is 26.2 Å². The first-order valence-electron chi connectivity index (χ1n) is 8.32. The number of β-lactam (4-membered cyclic amide) rings is 1. The molecule has 2 rings (SSSR count). The number of hydrogen-bond donors (Lipinski definition) is 2. The van der Waals surface area contributed by atoms with Crippen molar-refractivity contribution in [1.29, 1.82) is 0 Å². The van der Waals surface area contributed by atoms with Crippen LogP contribution in [0.5, 0.6) is 0 Å². The van der Waals surface area contributed by atoms with Gasteiger partial charge in [0.1, 0.15) is 13.2 Å². The normalized spacial score (nSPS) is 12.6. The third-order valence-electron chi connectivity index (χ3n) is 3.56. The van der Waals surface area contributed by atoms with Crippen LogP contribution in [-0.4, -0.2) is 55.2 Å². The van der Waals surface area contributed by atoms with Gasteiger partial charge in [0.05, 0.1) is 0 Å². The van der Waals surface area contributed by atoms with Crippen molar-refractivity contribution in [3.63, 3.8) is 0 Å². The fraction of sp³-hybridized carbons (Fsp3) is 0.444. The van der Waals surface area contributed by atoms with Gasteiger partial charge in [-0.3, -0.25) is 24.1 Å². The Morgan fingerprint density at radius 2 is 1.81 bits per heavy atom. The maximum atomic E-state index is 11.8. The first-order valence-corrected chi connectivity index (χ1v) is 8.32. The van der Waals surface area contributed by atoms with Crippen LogP contribution in [0.4, 0.5) is 5.69 Å². The monoisotopic (exact) mass is 363 g/mol. The Labute approximate surface area is 152 Å². The van der Waals surface area contributed by atoms with Crippen LogP contribution in [0, 0.1) is 0 Å². The highest BCUT2D eigenvalue weighted by atomic mass is 16.5. The van der Waals surface area contributed by atoms with E-state index in [1.54, 1.807) is 12.1 Å². The lowest BCUT2D eigenvalue weighted by atomic mass is 10.1. The summed E-state index contributed by atoms with van der Waals surface area (Å²) in [5.41, 5.74) is 6.06. The largest absolute Gasteiger partial charge is 0.364 e. The Morgan fingerprint density at radius 3 is 2.31 bits per heavy atom. The average molecular weight is 363 g/mol. The number of imide groups is 1. The molecule has 1 fully saturated rings. The second kappa shape index (κ2) is 11.1. The zero-order valence-corrected chi connectivity index (χ0v) is 15.1. The van der Waals surface area contributed by atoms with Crippen LogP contribution in [0.3, 0.4) is 0 Å². The molecule has 8 heteroatoms. The number of benzene rings is 1. The number of rotatable bonds is 8. The molecule has 26 heavy (non-hydrogen) atoms. The Morgan fingerprint density at radius 1 is 1.15 bits per heavy atom. The highest BCUT2D eigenvalue weighted by Gasteiger charge is 2.29. The van der Waals surface area contributed by atoms with E-state index >= 15 is 0 Å². The summed E-state index contributed by atoms with van der Waals surface area (Å²) in [6.07, 6.45) is 1.28. The number of carbonyl (C=O) groups excluding carboxylic acids is 4. The molecule has 0 atom stereocenters. The molecule has 0 unspecified atom stereocenters. The van der Waals surface area contributed by atoms with Crippen LogP contribution in [0.1, 0.15) is 25.3 Å². The molecule has 1 aliphatic heterocycles. The van der Waals surface area contributed by atoms with Crippen molar-refractivity contribution in [3.05, 3.63) is 29.8 Å². The van der Waals surface area contributed by atoms with Gasteiger partial charge in [-0.1, -0.05) is 12.1 Å². The van der Waals surface area contributed by atoms with E-state index in [1.165, 1.54) is 18.9 Å². The molecule has 0 bridgehead atoms. The average Bonchev–Trinajstić information content (AvgIpc) is 2.61. The Balaban J connectivity index is 0.00000163. The molecule has 1 aliphatic rings.